The molecule has 0 fully saturated rings. The Morgan fingerprint density at radius 2 is 0.686 bits per heavy atom. The van der Waals surface area contributed by atoms with Gasteiger partial charge in [0.05, 0.1) is 0 Å². The average Bonchev–Trinajstić information content (AvgIpc) is 3.13. The van der Waals surface area contributed by atoms with E-state index >= 15 is 0 Å². The van der Waals surface area contributed by atoms with Gasteiger partial charge in [-0.05, 0) is 25.2 Å². The number of unbranched alkanes of at least 4 members (excludes halogenated alkanes) is 26. The molecule has 0 aromatic heterocycles. The lowest BCUT2D eigenvalue weighted by atomic mass is 10.00. The number of rotatable bonds is 40. The summed E-state index contributed by atoms with van der Waals surface area (Å²) >= 11 is 0. The molecule has 0 saturated heterocycles. The van der Waals surface area contributed by atoms with Crippen LogP contribution in [-0.2, 0) is 28.6 Å². The lowest BCUT2D eigenvalue weighted by Gasteiger charge is -2.18. The van der Waals surface area contributed by atoms with Crippen molar-refractivity contribution in [1.29, 1.82) is 0 Å². The Hall–Kier alpha value is -1.59. The number of ether oxygens (including phenoxy) is 3. The van der Waals surface area contributed by atoms with Crippen LogP contribution in [0.1, 0.15) is 246 Å². The van der Waals surface area contributed by atoms with Gasteiger partial charge in [0.25, 0.3) is 0 Å². The summed E-state index contributed by atoms with van der Waals surface area (Å²) < 4.78 is 16.6. The van der Waals surface area contributed by atoms with Crippen LogP contribution in [0.15, 0.2) is 0 Å². The molecule has 1 unspecified atom stereocenters. The largest absolute Gasteiger partial charge is 0.462 e. The fourth-order valence-corrected chi connectivity index (χ4v) is 6.59. The van der Waals surface area contributed by atoms with E-state index in [0.717, 1.165) is 70.1 Å². The van der Waals surface area contributed by atoms with Gasteiger partial charge in [0.1, 0.15) is 13.2 Å². The summed E-state index contributed by atoms with van der Waals surface area (Å²) in [5.74, 6) is -0.0591. The normalized spacial score (nSPS) is 12.5. The Kier molecular flexibility index (Phi) is 38.4. The minimum atomic E-state index is -0.758. The maximum atomic E-state index is 12.5. The molecular formula is C45H86O6. The van der Waals surface area contributed by atoms with Crippen LogP contribution in [0.5, 0.6) is 0 Å². The van der Waals surface area contributed by atoms with Gasteiger partial charge in [0, 0.05) is 19.3 Å². The van der Waals surface area contributed by atoms with Gasteiger partial charge in [-0.25, -0.2) is 0 Å². The predicted molar refractivity (Wildman–Crippen MR) is 215 cm³/mol. The van der Waals surface area contributed by atoms with E-state index in [1.54, 1.807) is 0 Å². The summed E-state index contributed by atoms with van der Waals surface area (Å²) in [5.41, 5.74) is 0. The van der Waals surface area contributed by atoms with E-state index in [-0.39, 0.29) is 31.1 Å². The molecule has 6 nitrogen and oxygen atoms in total. The molecule has 0 radical (unpaired) electrons. The summed E-state index contributed by atoms with van der Waals surface area (Å²) in [6, 6.07) is 0. The van der Waals surface area contributed by atoms with Crippen LogP contribution in [-0.4, -0.2) is 37.2 Å². The van der Waals surface area contributed by atoms with E-state index in [0.29, 0.717) is 19.3 Å². The van der Waals surface area contributed by atoms with Crippen LogP contribution in [0.3, 0.4) is 0 Å². The molecule has 0 aliphatic carbocycles. The molecule has 0 bridgehead atoms. The predicted octanol–water partition coefficient (Wildman–Crippen LogP) is 13.9. The molecule has 0 aromatic rings. The second kappa shape index (κ2) is 39.6. The monoisotopic (exact) mass is 723 g/mol. The molecule has 0 N–H and O–H groups in total. The van der Waals surface area contributed by atoms with Crippen molar-refractivity contribution in [2.75, 3.05) is 13.2 Å². The highest BCUT2D eigenvalue weighted by molar-refractivity contribution is 5.71. The quantitative estimate of drug-likeness (QED) is 0.0356. The second-order valence-corrected chi connectivity index (χ2v) is 15.6. The molecule has 6 heteroatoms. The second-order valence-electron chi connectivity index (χ2n) is 15.6. The van der Waals surface area contributed by atoms with Crippen molar-refractivity contribution in [1.82, 2.24) is 0 Å². The van der Waals surface area contributed by atoms with Gasteiger partial charge in [-0.3, -0.25) is 14.4 Å². The van der Waals surface area contributed by atoms with Crippen molar-refractivity contribution >= 4 is 17.9 Å². The summed E-state index contributed by atoms with van der Waals surface area (Å²) in [6.45, 7) is 8.88. The third kappa shape index (κ3) is 38.0. The van der Waals surface area contributed by atoms with Crippen molar-refractivity contribution < 1.29 is 28.6 Å². The van der Waals surface area contributed by atoms with Crippen LogP contribution >= 0.6 is 0 Å². The van der Waals surface area contributed by atoms with E-state index < -0.39 is 6.10 Å². The first-order valence-corrected chi connectivity index (χ1v) is 22.4. The lowest BCUT2D eigenvalue weighted by molar-refractivity contribution is -0.167. The van der Waals surface area contributed by atoms with Gasteiger partial charge in [-0.2, -0.15) is 0 Å². The fraction of sp³-hybridized carbons (Fsp3) is 0.933. The molecule has 0 heterocycles. The van der Waals surface area contributed by atoms with Crippen molar-refractivity contribution in [2.24, 2.45) is 5.92 Å². The summed E-state index contributed by atoms with van der Waals surface area (Å²) in [4.78, 5) is 37.4. The summed E-state index contributed by atoms with van der Waals surface area (Å²) in [6.07, 6.45) is 38.4. The Morgan fingerprint density at radius 3 is 1.02 bits per heavy atom. The Bertz CT molecular complexity index is 768. The fourth-order valence-electron chi connectivity index (χ4n) is 6.59. The molecule has 0 aliphatic rings. The molecule has 0 amide bonds. The zero-order valence-electron chi connectivity index (χ0n) is 34.6. The summed E-state index contributed by atoms with van der Waals surface area (Å²) in [7, 11) is 0. The first-order valence-electron chi connectivity index (χ1n) is 22.4. The van der Waals surface area contributed by atoms with E-state index in [1.165, 1.54) is 135 Å². The Labute approximate surface area is 317 Å². The van der Waals surface area contributed by atoms with Crippen LogP contribution in [0.4, 0.5) is 0 Å². The molecule has 0 aromatic carbocycles. The standard InChI is InChI=1S/C45H86O6/c1-5-8-10-12-13-14-15-16-17-18-19-20-21-22-23-24-29-32-36-43(46)49-39-42(51-45(48)38-34-27-11-9-6-2)40-50-44(47)37-33-30-26-25-28-31-35-41(4)7-3/h41-42H,5-40H2,1-4H3/t41?,42-/m0/s1. The van der Waals surface area contributed by atoms with E-state index in [9.17, 15) is 14.4 Å². The molecule has 0 spiro atoms. The van der Waals surface area contributed by atoms with E-state index in [2.05, 4.69) is 27.7 Å². The Balaban J connectivity index is 4.09. The van der Waals surface area contributed by atoms with Crippen molar-refractivity contribution in [2.45, 2.75) is 252 Å². The smallest absolute Gasteiger partial charge is 0.306 e. The molecule has 0 saturated carbocycles. The number of carbonyl (C=O) groups excluding carboxylic acids is 3. The molecule has 0 aliphatic heterocycles. The van der Waals surface area contributed by atoms with Gasteiger partial charge in [0.15, 0.2) is 6.10 Å². The first kappa shape index (κ1) is 49.4. The van der Waals surface area contributed by atoms with Gasteiger partial charge in [-0.15, -0.1) is 0 Å². The number of esters is 3. The van der Waals surface area contributed by atoms with Crippen molar-refractivity contribution in [3.8, 4) is 0 Å². The van der Waals surface area contributed by atoms with Crippen LogP contribution in [0, 0.1) is 5.92 Å². The molecule has 51 heavy (non-hydrogen) atoms. The number of carbonyl (C=O) groups is 3. The summed E-state index contributed by atoms with van der Waals surface area (Å²) in [5, 5.41) is 0. The minimum absolute atomic E-state index is 0.0661. The topological polar surface area (TPSA) is 78.9 Å². The van der Waals surface area contributed by atoms with Crippen LogP contribution < -0.4 is 0 Å². The van der Waals surface area contributed by atoms with E-state index in [4.69, 9.17) is 14.2 Å². The van der Waals surface area contributed by atoms with Gasteiger partial charge in [-0.1, -0.05) is 207 Å². The van der Waals surface area contributed by atoms with Gasteiger partial charge in [0.2, 0.25) is 0 Å². The van der Waals surface area contributed by atoms with Gasteiger partial charge < -0.3 is 14.2 Å². The molecular weight excluding hydrogens is 636 g/mol. The van der Waals surface area contributed by atoms with E-state index in [1.807, 2.05) is 0 Å². The van der Waals surface area contributed by atoms with Crippen molar-refractivity contribution in [3.63, 3.8) is 0 Å². The zero-order chi connectivity index (χ0) is 37.5. The maximum absolute atomic E-state index is 12.5. The number of hydrogen-bond acceptors (Lipinski definition) is 6. The molecule has 2 atom stereocenters. The van der Waals surface area contributed by atoms with Gasteiger partial charge >= 0.3 is 17.9 Å². The van der Waals surface area contributed by atoms with Crippen LogP contribution in [0.25, 0.3) is 0 Å². The average molecular weight is 723 g/mol. The molecule has 302 valence electrons. The highest BCUT2D eigenvalue weighted by Crippen LogP contribution is 2.17. The van der Waals surface area contributed by atoms with Crippen LogP contribution in [0.2, 0.25) is 0 Å². The van der Waals surface area contributed by atoms with Crippen molar-refractivity contribution in [3.05, 3.63) is 0 Å². The first-order chi connectivity index (χ1) is 24.9. The number of hydrogen-bond donors (Lipinski definition) is 0. The molecule has 0 rings (SSSR count). The third-order valence-electron chi connectivity index (χ3n) is 10.4. The highest BCUT2D eigenvalue weighted by atomic mass is 16.6. The third-order valence-corrected chi connectivity index (χ3v) is 10.4. The minimum Gasteiger partial charge on any atom is -0.462 e. The lowest BCUT2D eigenvalue weighted by Crippen LogP contribution is -2.30. The maximum Gasteiger partial charge on any atom is 0.306 e. The Morgan fingerprint density at radius 1 is 0.392 bits per heavy atom. The highest BCUT2D eigenvalue weighted by Gasteiger charge is 2.19. The SMILES string of the molecule is CCCCCCCCCCCCCCCCCCCCC(=O)OC[C@@H](COC(=O)CCCCCCCCC(C)CC)OC(=O)CCCCCCC. The zero-order valence-corrected chi connectivity index (χ0v) is 34.6.